The van der Waals surface area contributed by atoms with Crippen LogP contribution in [0, 0.1) is 13.8 Å². The fourth-order valence-electron chi connectivity index (χ4n) is 4.31. The summed E-state index contributed by atoms with van der Waals surface area (Å²) in [5.74, 6) is 0.682. The predicted octanol–water partition coefficient (Wildman–Crippen LogP) is 6.13. The number of amidine groups is 1. The molecule has 216 valence electrons. The number of carbonyl (C=O) groups is 2. The number of thioether (sulfide) groups is 1. The van der Waals surface area contributed by atoms with E-state index in [-0.39, 0.29) is 22.6 Å². The molecule has 14 heteroatoms. The van der Waals surface area contributed by atoms with E-state index in [0.717, 1.165) is 11.1 Å². The Morgan fingerprint density at radius 3 is 2.31 bits per heavy atom. The van der Waals surface area contributed by atoms with E-state index in [1.54, 1.807) is 31.4 Å². The number of urea groups is 1. The number of anilines is 2. The van der Waals surface area contributed by atoms with Gasteiger partial charge in [-0.3, -0.25) is 9.69 Å². The van der Waals surface area contributed by atoms with E-state index in [1.165, 1.54) is 51.9 Å². The second-order valence-corrected chi connectivity index (χ2v) is 10.0. The van der Waals surface area contributed by atoms with Crippen molar-refractivity contribution in [3.8, 4) is 28.6 Å². The number of benzene rings is 3. The van der Waals surface area contributed by atoms with Gasteiger partial charge in [-0.1, -0.05) is 11.8 Å². The van der Waals surface area contributed by atoms with Crippen molar-refractivity contribution in [2.75, 3.05) is 23.1 Å². The predicted molar refractivity (Wildman–Crippen MR) is 152 cm³/mol. The van der Waals surface area contributed by atoms with Gasteiger partial charge in [-0.15, -0.1) is 18.3 Å². The molecule has 0 saturated carbocycles. The normalized spacial score (nSPS) is 14.4. The Balaban J connectivity index is 1.27. The quantitative estimate of drug-likeness (QED) is 0.285. The molecule has 5 rings (SSSR count). The average Bonchev–Trinajstić information content (AvgIpc) is 3.56. The number of halogens is 3. The first kappa shape index (κ1) is 28.7. The number of hydrogen-bond acceptors (Lipinski definition) is 7. The molecular weight excluding hydrogens is 573 g/mol. The Labute approximate surface area is 242 Å². The number of amides is 3. The lowest BCUT2D eigenvalue weighted by atomic mass is 10.1. The minimum absolute atomic E-state index is 0.164. The molecule has 1 aliphatic rings. The van der Waals surface area contributed by atoms with E-state index in [2.05, 4.69) is 25.1 Å². The number of nitrogens with one attached hydrogen (secondary N) is 1. The maximum absolute atomic E-state index is 12.8. The van der Waals surface area contributed by atoms with Gasteiger partial charge in [0, 0.05) is 11.3 Å². The number of hydrogen-bond donors (Lipinski definition) is 1. The SMILES string of the molecule is COc1cc(C)c(N2C(=O)CS/C2=N\C(=O)Nc2ccc(-c3ncn(-c4ccc(OC(F)(F)F)cc4)n3)cc2)c(C)c1. The fraction of sp³-hybridized carbons (Fsp3) is 0.179. The van der Waals surface area contributed by atoms with Gasteiger partial charge in [0.1, 0.15) is 17.8 Å². The molecule has 1 aliphatic heterocycles. The van der Waals surface area contributed by atoms with Crippen molar-refractivity contribution in [1.29, 1.82) is 0 Å². The molecule has 2 heterocycles. The van der Waals surface area contributed by atoms with E-state index < -0.39 is 12.4 Å². The van der Waals surface area contributed by atoms with Crippen molar-refractivity contribution in [3.05, 3.63) is 78.1 Å². The third kappa shape index (κ3) is 6.38. The van der Waals surface area contributed by atoms with Crippen LogP contribution in [0.15, 0.2) is 72.0 Å². The van der Waals surface area contributed by atoms with Gasteiger partial charge >= 0.3 is 12.4 Å². The van der Waals surface area contributed by atoms with Crippen molar-refractivity contribution >= 4 is 40.2 Å². The highest BCUT2D eigenvalue weighted by molar-refractivity contribution is 8.15. The zero-order chi connectivity index (χ0) is 30.0. The molecule has 0 atom stereocenters. The second-order valence-electron chi connectivity index (χ2n) is 9.08. The van der Waals surface area contributed by atoms with Crippen molar-refractivity contribution in [2.45, 2.75) is 20.2 Å². The molecule has 3 aromatic carbocycles. The average molecular weight is 597 g/mol. The van der Waals surface area contributed by atoms with Crippen LogP contribution in [-0.2, 0) is 4.79 Å². The van der Waals surface area contributed by atoms with E-state index in [4.69, 9.17) is 4.74 Å². The van der Waals surface area contributed by atoms with Crippen LogP contribution in [-0.4, -0.2) is 51.1 Å². The van der Waals surface area contributed by atoms with Crippen LogP contribution >= 0.6 is 11.8 Å². The van der Waals surface area contributed by atoms with Gasteiger partial charge in [0.05, 0.1) is 24.2 Å². The molecule has 3 amide bonds. The molecule has 0 bridgehead atoms. The van der Waals surface area contributed by atoms with Gasteiger partial charge in [-0.2, -0.15) is 4.99 Å². The summed E-state index contributed by atoms with van der Waals surface area (Å²) in [5, 5.41) is 7.34. The molecular formula is C28H23F3N6O4S. The number of aromatic nitrogens is 3. The number of nitrogens with zero attached hydrogens (tertiary/aromatic N) is 5. The van der Waals surface area contributed by atoms with E-state index in [0.29, 0.717) is 34.2 Å². The third-order valence-electron chi connectivity index (χ3n) is 6.11. The maximum Gasteiger partial charge on any atom is 0.573 e. The summed E-state index contributed by atoms with van der Waals surface area (Å²) in [6.07, 6.45) is -3.34. The Morgan fingerprint density at radius 1 is 1.02 bits per heavy atom. The number of ether oxygens (including phenoxy) is 2. The van der Waals surface area contributed by atoms with Crippen LogP contribution in [0.4, 0.5) is 29.3 Å². The number of rotatable bonds is 6. The van der Waals surface area contributed by atoms with Crippen molar-refractivity contribution in [3.63, 3.8) is 0 Å². The molecule has 0 radical (unpaired) electrons. The minimum Gasteiger partial charge on any atom is -0.497 e. The van der Waals surface area contributed by atoms with Gasteiger partial charge in [-0.05, 0) is 85.6 Å². The zero-order valence-corrected chi connectivity index (χ0v) is 23.3. The molecule has 42 heavy (non-hydrogen) atoms. The first-order valence-electron chi connectivity index (χ1n) is 12.4. The van der Waals surface area contributed by atoms with E-state index >= 15 is 0 Å². The molecule has 1 saturated heterocycles. The highest BCUT2D eigenvalue weighted by Gasteiger charge is 2.33. The largest absolute Gasteiger partial charge is 0.573 e. The monoisotopic (exact) mass is 596 g/mol. The fourth-order valence-corrected chi connectivity index (χ4v) is 5.16. The Bertz CT molecular complexity index is 1650. The highest BCUT2D eigenvalue weighted by atomic mass is 32.2. The van der Waals surface area contributed by atoms with Crippen molar-refractivity contribution in [1.82, 2.24) is 14.8 Å². The number of aliphatic imine (C=N–C) groups is 1. The Morgan fingerprint density at radius 2 is 1.69 bits per heavy atom. The second kappa shape index (κ2) is 11.6. The van der Waals surface area contributed by atoms with Crippen LogP contribution in [0.1, 0.15) is 11.1 Å². The lowest BCUT2D eigenvalue weighted by molar-refractivity contribution is -0.274. The molecule has 0 unspecified atom stereocenters. The number of carbonyl (C=O) groups excluding carboxylic acids is 2. The highest BCUT2D eigenvalue weighted by Crippen LogP contribution is 2.35. The number of aryl methyl sites for hydroxylation is 2. The third-order valence-corrected chi connectivity index (χ3v) is 7.03. The van der Waals surface area contributed by atoms with Crippen molar-refractivity contribution in [2.24, 2.45) is 4.99 Å². The number of alkyl halides is 3. The molecule has 1 fully saturated rings. The molecule has 10 nitrogen and oxygen atoms in total. The van der Waals surface area contributed by atoms with E-state index in [9.17, 15) is 22.8 Å². The topological polar surface area (TPSA) is 111 Å². The minimum atomic E-state index is -4.77. The lowest BCUT2D eigenvalue weighted by Crippen LogP contribution is -2.31. The van der Waals surface area contributed by atoms with Crippen LogP contribution < -0.4 is 19.7 Å². The standard InChI is InChI=1S/C28H23F3N6O4S/c1-16-12-22(40-3)13-17(2)24(16)37-23(38)14-42-27(37)34-26(39)33-19-6-4-18(5-7-19)25-32-15-36(35-25)20-8-10-21(11-9-20)41-28(29,30)31/h4-13,15H,14H2,1-3H3,(H,33,39)/b34-27-. The van der Waals surface area contributed by atoms with Crippen LogP contribution in [0.5, 0.6) is 11.5 Å². The summed E-state index contributed by atoms with van der Waals surface area (Å²) in [4.78, 5) is 35.3. The first-order valence-corrected chi connectivity index (χ1v) is 13.4. The summed E-state index contributed by atoms with van der Waals surface area (Å²) in [5.41, 5.74) is 3.89. The molecule has 0 spiro atoms. The maximum atomic E-state index is 12.8. The van der Waals surface area contributed by atoms with Crippen LogP contribution in [0.25, 0.3) is 17.1 Å². The van der Waals surface area contributed by atoms with Crippen molar-refractivity contribution < 1.29 is 32.2 Å². The summed E-state index contributed by atoms with van der Waals surface area (Å²) >= 11 is 1.18. The summed E-state index contributed by atoms with van der Waals surface area (Å²) < 4.78 is 47.8. The summed E-state index contributed by atoms with van der Waals surface area (Å²) in [6.45, 7) is 3.73. The molecule has 4 aromatic rings. The molecule has 1 aromatic heterocycles. The first-order chi connectivity index (χ1) is 20.0. The van der Waals surface area contributed by atoms with Gasteiger partial charge in [-0.25, -0.2) is 14.5 Å². The van der Waals surface area contributed by atoms with Gasteiger partial charge in [0.15, 0.2) is 11.0 Å². The molecule has 1 N–H and O–H groups in total. The van der Waals surface area contributed by atoms with Gasteiger partial charge in [0.2, 0.25) is 5.91 Å². The van der Waals surface area contributed by atoms with Gasteiger partial charge in [0.25, 0.3) is 0 Å². The van der Waals surface area contributed by atoms with Crippen LogP contribution in [0.2, 0.25) is 0 Å². The summed E-state index contributed by atoms with van der Waals surface area (Å²) in [6, 6.07) is 14.9. The smallest absolute Gasteiger partial charge is 0.497 e. The lowest BCUT2D eigenvalue weighted by Gasteiger charge is -2.21. The Hall–Kier alpha value is -4.85. The van der Waals surface area contributed by atoms with Crippen LogP contribution in [0.3, 0.4) is 0 Å². The number of methoxy groups -OCH3 is 1. The zero-order valence-electron chi connectivity index (χ0n) is 22.5. The Kier molecular flexibility index (Phi) is 7.89. The summed E-state index contributed by atoms with van der Waals surface area (Å²) in [7, 11) is 1.57. The van der Waals surface area contributed by atoms with Gasteiger partial charge < -0.3 is 14.8 Å². The molecule has 0 aliphatic carbocycles. The van der Waals surface area contributed by atoms with E-state index in [1.807, 2.05) is 26.0 Å².